The maximum absolute atomic E-state index is 11.5. The highest BCUT2D eigenvalue weighted by Gasteiger charge is 2.16. The van der Waals surface area contributed by atoms with E-state index in [9.17, 15) is 4.79 Å². The van der Waals surface area contributed by atoms with E-state index in [0.29, 0.717) is 12.2 Å². The summed E-state index contributed by atoms with van der Waals surface area (Å²) in [5.41, 5.74) is 1.70. The second kappa shape index (κ2) is 4.64. The van der Waals surface area contributed by atoms with E-state index in [1.54, 1.807) is 0 Å². The number of nitrogens with one attached hydrogen (secondary N) is 1. The number of carbonyl (C=O) groups excluding carboxylic acids is 1. The Bertz CT molecular complexity index is 307. The Morgan fingerprint density at radius 2 is 2.31 bits per heavy atom. The maximum atomic E-state index is 11.5. The van der Waals surface area contributed by atoms with Gasteiger partial charge in [-0.3, -0.25) is 0 Å². The molecule has 4 heteroatoms. The number of aromatic amines is 1. The molecule has 1 aromatic heterocycles. The zero-order valence-corrected chi connectivity index (χ0v) is 9.84. The van der Waals surface area contributed by atoms with E-state index in [1.807, 2.05) is 20.0 Å². The van der Waals surface area contributed by atoms with Crippen LogP contribution in [0.1, 0.15) is 29.8 Å². The second-order valence-corrected chi connectivity index (χ2v) is 3.66. The van der Waals surface area contributed by atoms with Crippen LogP contribution in [-0.2, 0) is 11.2 Å². The third-order valence-electron chi connectivity index (χ3n) is 1.77. The number of ether oxygens (including phenoxy) is 1. The van der Waals surface area contributed by atoms with Gasteiger partial charge in [0.15, 0.2) is 0 Å². The van der Waals surface area contributed by atoms with Gasteiger partial charge in [0, 0.05) is 6.20 Å². The van der Waals surface area contributed by atoms with Crippen molar-refractivity contribution in [2.45, 2.75) is 20.3 Å². The van der Waals surface area contributed by atoms with Crippen LogP contribution in [0, 0.1) is 3.70 Å². The number of carbonyl (C=O) groups is 1. The first-order valence-electron chi connectivity index (χ1n) is 4.23. The van der Waals surface area contributed by atoms with Crippen LogP contribution in [0.3, 0.4) is 0 Å². The van der Waals surface area contributed by atoms with Crippen LogP contribution >= 0.6 is 22.6 Å². The summed E-state index contributed by atoms with van der Waals surface area (Å²) in [6, 6.07) is 0. The number of H-pyrrole nitrogens is 1. The second-order valence-electron chi connectivity index (χ2n) is 2.58. The van der Waals surface area contributed by atoms with Crippen LogP contribution in [0.4, 0.5) is 0 Å². The van der Waals surface area contributed by atoms with Crippen molar-refractivity contribution in [1.29, 1.82) is 0 Å². The molecule has 3 nitrogen and oxygen atoms in total. The average molecular weight is 293 g/mol. The lowest BCUT2D eigenvalue weighted by Crippen LogP contribution is -2.07. The van der Waals surface area contributed by atoms with Crippen LogP contribution in [0.5, 0.6) is 0 Å². The number of esters is 1. The first-order chi connectivity index (χ1) is 6.20. The quantitative estimate of drug-likeness (QED) is 0.686. The molecule has 0 unspecified atom stereocenters. The summed E-state index contributed by atoms with van der Waals surface area (Å²) >= 11 is 2.10. The lowest BCUT2D eigenvalue weighted by atomic mass is 10.1. The third kappa shape index (κ3) is 2.24. The van der Waals surface area contributed by atoms with Gasteiger partial charge in [0.2, 0.25) is 0 Å². The van der Waals surface area contributed by atoms with Crippen molar-refractivity contribution in [3.8, 4) is 0 Å². The van der Waals surface area contributed by atoms with Gasteiger partial charge in [-0.05, 0) is 41.5 Å². The molecule has 1 N–H and O–H groups in total. The summed E-state index contributed by atoms with van der Waals surface area (Å²) in [6.45, 7) is 4.24. The van der Waals surface area contributed by atoms with E-state index in [0.717, 1.165) is 15.7 Å². The first-order valence-corrected chi connectivity index (χ1v) is 5.31. The highest BCUT2D eigenvalue weighted by molar-refractivity contribution is 14.1. The Hall–Kier alpha value is -0.520. The van der Waals surface area contributed by atoms with Gasteiger partial charge in [0.1, 0.15) is 0 Å². The smallest absolute Gasteiger partial charge is 0.341 e. The molecule has 0 aromatic carbocycles. The van der Waals surface area contributed by atoms with Gasteiger partial charge < -0.3 is 9.72 Å². The summed E-state index contributed by atoms with van der Waals surface area (Å²) in [4.78, 5) is 14.5. The predicted octanol–water partition coefficient (Wildman–Crippen LogP) is 2.36. The highest BCUT2D eigenvalue weighted by Crippen LogP contribution is 2.17. The minimum absolute atomic E-state index is 0.231. The zero-order valence-electron chi connectivity index (χ0n) is 7.69. The molecule has 0 atom stereocenters. The Morgan fingerprint density at radius 3 is 2.85 bits per heavy atom. The Morgan fingerprint density at radius 1 is 1.62 bits per heavy atom. The Kier molecular flexibility index (Phi) is 3.77. The van der Waals surface area contributed by atoms with Crippen molar-refractivity contribution in [2.75, 3.05) is 6.61 Å². The van der Waals surface area contributed by atoms with Crippen LogP contribution in [0.25, 0.3) is 0 Å². The minimum atomic E-state index is -0.231. The molecule has 0 aliphatic rings. The molecule has 0 amide bonds. The van der Waals surface area contributed by atoms with E-state index in [2.05, 4.69) is 27.6 Å². The van der Waals surface area contributed by atoms with Crippen molar-refractivity contribution in [3.63, 3.8) is 0 Å². The van der Waals surface area contributed by atoms with Crippen LogP contribution in [0.15, 0.2) is 6.20 Å². The molecule has 0 bridgehead atoms. The van der Waals surface area contributed by atoms with Crippen molar-refractivity contribution in [3.05, 3.63) is 21.0 Å². The molecule has 1 heterocycles. The SMILES string of the molecule is CCOC(=O)c1c(CC)c[nH]c1I. The predicted molar refractivity (Wildman–Crippen MR) is 58.8 cm³/mol. The van der Waals surface area contributed by atoms with Gasteiger partial charge in [0.05, 0.1) is 15.9 Å². The van der Waals surface area contributed by atoms with Gasteiger partial charge in [-0.1, -0.05) is 6.92 Å². The van der Waals surface area contributed by atoms with Crippen molar-refractivity contribution in [1.82, 2.24) is 4.98 Å². The van der Waals surface area contributed by atoms with E-state index in [-0.39, 0.29) is 5.97 Å². The van der Waals surface area contributed by atoms with Gasteiger partial charge in [-0.15, -0.1) is 0 Å². The van der Waals surface area contributed by atoms with Crippen molar-refractivity contribution < 1.29 is 9.53 Å². The van der Waals surface area contributed by atoms with Crippen LogP contribution in [-0.4, -0.2) is 17.6 Å². The topological polar surface area (TPSA) is 42.1 Å². The number of rotatable bonds is 3. The fourth-order valence-electron chi connectivity index (χ4n) is 1.14. The van der Waals surface area contributed by atoms with Crippen molar-refractivity contribution >= 4 is 28.6 Å². The monoisotopic (exact) mass is 293 g/mol. The largest absolute Gasteiger partial charge is 0.462 e. The minimum Gasteiger partial charge on any atom is -0.462 e. The third-order valence-corrected chi connectivity index (χ3v) is 2.62. The molecule has 0 spiro atoms. The number of halogens is 1. The number of aromatic nitrogens is 1. The van der Waals surface area contributed by atoms with Crippen LogP contribution < -0.4 is 0 Å². The van der Waals surface area contributed by atoms with Crippen LogP contribution in [0.2, 0.25) is 0 Å². The number of aryl methyl sites for hydroxylation is 1. The molecule has 1 aromatic rings. The molecule has 0 aliphatic carbocycles. The number of hydrogen-bond acceptors (Lipinski definition) is 2. The molecule has 0 saturated carbocycles. The van der Waals surface area contributed by atoms with Gasteiger partial charge >= 0.3 is 5.97 Å². The Labute approximate surface area is 91.0 Å². The lowest BCUT2D eigenvalue weighted by molar-refractivity contribution is 0.0524. The summed E-state index contributed by atoms with van der Waals surface area (Å²) in [7, 11) is 0. The summed E-state index contributed by atoms with van der Waals surface area (Å²) in [6.07, 6.45) is 2.70. The molecule has 13 heavy (non-hydrogen) atoms. The zero-order chi connectivity index (χ0) is 9.84. The van der Waals surface area contributed by atoms with Gasteiger partial charge in [0.25, 0.3) is 0 Å². The van der Waals surface area contributed by atoms with E-state index in [4.69, 9.17) is 4.74 Å². The molecular weight excluding hydrogens is 281 g/mol. The molecule has 0 fully saturated rings. The first kappa shape index (κ1) is 10.6. The standard InChI is InChI=1S/C9H12INO2/c1-3-6-5-11-8(10)7(6)9(12)13-4-2/h5,11H,3-4H2,1-2H3. The highest BCUT2D eigenvalue weighted by atomic mass is 127. The molecular formula is C9H12INO2. The summed E-state index contributed by atoms with van der Waals surface area (Å²) < 4.78 is 5.80. The fourth-order valence-corrected chi connectivity index (χ4v) is 1.86. The molecule has 0 radical (unpaired) electrons. The molecule has 0 aliphatic heterocycles. The Balaban J connectivity index is 2.96. The lowest BCUT2D eigenvalue weighted by Gasteiger charge is -2.02. The fraction of sp³-hybridized carbons (Fsp3) is 0.444. The normalized spacial score (nSPS) is 10.1. The van der Waals surface area contributed by atoms with E-state index < -0.39 is 0 Å². The number of hydrogen-bond donors (Lipinski definition) is 1. The van der Waals surface area contributed by atoms with E-state index in [1.165, 1.54) is 0 Å². The van der Waals surface area contributed by atoms with E-state index >= 15 is 0 Å². The average Bonchev–Trinajstić information content (AvgIpc) is 2.47. The molecule has 0 saturated heterocycles. The van der Waals surface area contributed by atoms with Crippen molar-refractivity contribution in [2.24, 2.45) is 0 Å². The van der Waals surface area contributed by atoms with Gasteiger partial charge in [-0.2, -0.15) is 0 Å². The molecule has 1 rings (SSSR count). The summed E-state index contributed by atoms with van der Waals surface area (Å²) in [5, 5.41) is 0. The molecule has 72 valence electrons. The maximum Gasteiger partial charge on any atom is 0.341 e. The van der Waals surface area contributed by atoms with Gasteiger partial charge in [-0.25, -0.2) is 4.79 Å². The summed E-state index contributed by atoms with van der Waals surface area (Å²) in [5.74, 6) is -0.231.